The van der Waals surface area contributed by atoms with Gasteiger partial charge in [-0.1, -0.05) is 11.8 Å². The zero-order valence-corrected chi connectivity index (χ0v) is 15.6. The number of piperidine rings is 1. The Balaban J connectivity index is 1.47. The molecular formula is C17H26N5O2S+. The van der Waals surface area contributed by atoms with E-state index in [1.165, 1.54) is 4.90 Å². The van der Waals surface area contributed by atoms with E-state index in [1.54, 1.807) is 18.0 Å². The number of carbonyl (C=O) groups is 1. The number of amides is 1. The number of hydrogen-bond donors (Lipinski definition) is 2. The van der Waals surface area contributed by atoms with Crippen molar-refractivity contribution in [2.24, 2.45) is 0 Å². The highest BCUT2D eigenvalue weighted by atomic mass is 32.2. The lowest BCUT2D eigenvalue weighted by atomic mass is 9.96. The zero-order valence-electron chi connectivity index (χ0n) is 14.8. The van der Waals surface area contributed by atoms with Gasteiger partial charge in [0, 0.05) is 25.3 Å². The molecule has 25 heavy (non-hydrogen) atoms. The normalized spacial score (nSPS) is 20.6. The van der Waals surface area contributed by atoms with E-state index in [0.29, 0.717) is 19.0 Å². The molecule has 2 aromatic heterocycles. The van der Waals surface area contributed by atoms with Crippen LogP contribution in [0.5, 0.6) is 0 Å². The second-order valence-electron chi connectivity index (χ2n) is 6.35. The van der Waals surface area contributed by atoms with Crippen LogP contribution in [0.2, 0.25) is 0 Å². The molecule has 0 radical (unpaired) electrons. The molecular weight excluding hydrogens is 338 g/mol. The molecule has 0 atom stereocenters. The lowest BCUT2D eigenvalue weighted by molar-refractivity contribution is -0.897. The van der Waals surface area contributed by atoms with Crippen molar-refractivity contribution in [3.05, 3.63) is 30.0 Å². The number of thioether (sulfide) groups is 1. The standard InChI is InChI=1S/C17H25N5O2S/c1-3-22-16(19-20-17(22)25-2)13-6-8-21(9-7-13)12-15(23)18-11-14-5-4-10-24-14/h4-5,10,13H,3,6-9,11-12H2,1-2H3,(H,18,23)/p+1. The summed E-state index contributed by atoms with van der Waals surface area (Å²) in [4.78, 5) is 13.4. The Bertz CT molecular complexity index is 677. The van der Waals surface area contributed by atoms with Crippen LogP contribution in [-0.2, 0) is 17.9 Å². The van der Waals surface area contributed by atoms with E-state index in [9.17, 15) is 4.79 Å². The number of carbonyl (C=O) groups excluding carboxylic acids is 1. The molecule has 0 aliphatic carbocycles. The van der Waals surface area contributed by atoms with E-state index in [2.05, 4.69) is 27.0 Å². The van der Waals surface area contributed by atoms with Gasteiger partial charge in [-0.3, -0.25) is 4.79 Å². The first-order chi connectivity index (χ1) is 12.2. The number of likely N-dealkylation sites (tertiary alicyclic amines) is 1. The minimum Gasteiger partial charge on any atom is -0.467 e. The molecule has 1 aliphatic heterocycles. The molecule has 1 amide bonds. The molecule has 1 fully saturated rings. The maximum absolute atomic E-state index is 12.1. The summed E-state index contributed by atoms with van der Waals surface area (Å²) in [7, 11) is 0. The van der Waals surface area contributed by atoms with Crippen molar-refractivity contribution in [3.63, 3.8) is 0 Å². The van der Waals surface area contributed by atoms with E-state index in [0.717, 1.165) is 49.2 Å². The summed E-state index contributed by atoms with van der Waals surface area (Å²) in [5.74, 6) is 2.41. The van der Waals surface area contributed by atoms with Crippen molar-refractivity contribution in [1.29, 1.82) is 0 Å². The van der Waals surface area contributed by atoms with Gasteiger partial charge in [0.2, 0.25) is 0 Å². The highest BCUT2D eigenvalue weighted by Crippen LogP contribution is 2.25. The Morgan fingerprint density at radius 1 is 1.44 bits per heavy atom. The number of rotatable bonds is 7. The fourth-order valence-electron chi connectivity index (χ4n) is 3.40. The number of nitrogens with one attached hydrogen (secondary N) is 2. The maximum atomic E-state index is 12.1. The molecule has 3 heterocycles. The summed E-state index contributed by atoms with van der Waals surface area (Å²) in [5.41, 5.74) is 0. The quantitative estimate of drug-likeness (QED) is 0.707. The zero-order chi connectivity index (χ0) is 17.6. The van der Waals surface area contributed by atoms with Gasteiger partial charge in [0.1, 0.15) is 11.6 Å². The van der Waals surface area contributed by atoms with Gasteiger partial charge in [0.15, 0.2) is 11.7 Å². The second-order valence-corrected chi connectivity index (χ2v) is 7.12. The highest BCUT2D eigenvalue weighted by molar-refractivity contribution is 7.98. The average molecular weight is 364 g/mol. The first-order valence-corrected chi connectivity index (χ1v) is 10.0. The van der Waals surface area contributed by atoms with Gasteiger partial charge >= 0.3 is 0 Å². The molecule has 8 heteroatoms. The third-order valence-electron chi connectivity index (χ3n) is 4.75. The predicted octanol–water partition coefficient (Wildman–Crippen LogP) is 0.692. The van der Waals surface area contributed by atoms with E-state index < -0.39 is 0 Å². The molecule has 136 valence electrons. The Hall–Kier alpha value is -1.80. The van der Waals surface area contributed by atoms with Crippen molar-refractivity contribution in [2.75, 3.05) is 25.9 Å². The minimum atomic E-state index is 0.0752. The Labute approximate surface area is 152 Å². The summed E-state index contributed by atoms with van der Waals surface area (Å²) in [5, 5.41) is 12.6. The molecule has 2 N–H and O–H groups in total. The van der Waals surface area contributed by atoms with Gasteiger partial charge in [-0.25, -0.2) is 0 Å². The van der Waals surface area contributed by atoms with Crippen LogP contribution in [0.3, 0.4) is 0 Å². The van der Waals surface area contributed by atoms with Crippen molar-refractivity contribution < 1.29 is 14.1 Å². The Morgan fingerprint density at radius 3 is 2.88 bits per heavy atom. The van der Waals surface area contributed by atoms with Gasteiger partial charge in [-0.05, 0) is 25.3 Å². The molecule has 0 saturated carbocycles. The first-order valence-electron chi connectivity index (χ1n) is 8.81. The van der Waals surface area contributed by atoms with Gasteiger partial charge in [0.05, 0.1) is 25.9 Å². The SMILES string of the molecule is CCn1c(SC)nnc1C1CC[NH+](CC(=O)NCc2ccco2)CC1. The molecule has 7 nitrogen and oxygen atoms in total. The van der Waals surface area contributed by atoms with Gasteiger partial charge in [0.25, 0.3) is 5.91 Å². The van der Waals surface area contributed by atoms with Crippen LogP contribution in [-0.4, -0.2) is 46.6 Å². The lowest BCUT2D eigenvalue weighted by Gasteiger charge is -2.28. The molecule has 0 bridgehead atoms. The first kappa shape index (κ1) is 18.0. The van der Waals surface area contributed by atoms with E-state index in [4.69, 9.17) is 4.42 Å². The fourth-order valence-corrected chi connectivity index (χ4v) is 3.97. The molecule has 1 aliphatic rings. The Kier molecular flexibility index (Phi) is 6.14. The van der Waals surface area contributed by atoms with Crippen LogP contribution < -0.4 is 10.2 Å². The topological polar surface area (TPSA) is 77.4 Å². The maximum Gasteiger partial charge on any atom is 0.275 e. The predicted molar refractivity (Wildman–Crippen MR) is 95.6 cm³/mol. The van der Waals surface area contributed by atoms with E-state index in [-0.39, 0.29) is 5.91 Å². The Morgan fingerprint density at radius 2 is 2.24 bits per heavy atom. The van der Waals surface area contributed by atoms with Crippen LogP contribution in [0, 0.1) is 0 Å². The van der Waals surface area contributed by atoms with Crippen molar-refractivity contribution in [3.8, 4) is 0 Å². The summed E-state index contributed by atoms with van der Waals surface area (Å²) in [6.45, 7) is 5.99. The number of furan rings is 1. The summed E-state index contributed by atoms with van der Waals surface area (Å²) in [6, 6.07) is 3.69. The number of aromatic nitrogens is 3. The highest BCUT2D eigenvalue weighted by Gasteiger charge is 2.28. The summed E-state index contributed by atoms with van der Waals surface area (Å²) < 4.78 is 7.45. The van der Waals surface area contributed by atoms with E-state index in [1.807, 2.05) is 18.4 Å². The van der Waals surface area contributed by atoms with Gasteiger partial charge in [-0.15, -0.1) is 10.2 Å². The van der Waals surface area contributed by atoms with E-state index >= 15 is 0 Å². The number of nitrogens with zero attached hydrogens (tertiary/aromatic N) is 3. The lowest BCUT2D eigenvalue weighted by Crippen LogP contribution is -3.14. The third-order valence-corrected chi connectivity index (χ3v) is 5.42. The molecule has 0 spiro atoms. The molecule has 3 rings (SSSR count). The van der Waals surface area contributed by atoms with Crippen LogP contribution in [0.1, 0.15) is 37.3 Å². The smallest absolute Gasteiger partial charge is 0.275 e. The monoisotopic (exact) mass is 364 g/mol. The van der Waals surface area contributed by atoms with Crippen LogP contribution in [0.15, 0.2) is 28.0 Å². The molecule has 2 aromatic rings. The van der Waals surface area contributed by atoms with Crippen molar-refractivity contribution in [1.82, 2.24) is 20.1 Å². The fraction of sp³-hybridized carbons (Fsp3) is 0.588. The summed E-state index contributed by atoms with van der Waals surface area (Å²) in [6.07, 6.45) is 5.75. The largest absolute Gasteiger partial charge is 0.467 e. The molecule has 0 unspecified atom stereocenters. The third kappa shape index (κ3) is 4.43. The average Bonchev–Trinajstić information content (AvgIpc) is 3.29. The molecule has 0 aromatic carbocycles. The summed E-state index contributed by atoms with van der Waals surface area (Å²) >= 11 is 1.64. The van der Waals surface area contributed by atoms with Gasteiger partial charge in [-0.2, -0.15) is 0 Å². The van der Waals surface area contributed by atoms with Crippen LogP contribution in [0.25, 0.3) is 0 Å². The van der Waals surface area contributed by atoms with Gasteiger partial charge < -0.3 is 19.2 Å². The number of hydrogen-bond acceptors (Lipinski definition) is 5. The number of quaternary nitrogens is 1. The molecule has 1 saturated heterocycles. The minimum absolute atomic E-state index is 0.0752. The van der Waals surface area contributed by atoms with Crippen LogP contribution in [0.4, 0.5) is 0 Å². The van der Waals surface area contributed by atoms with Crippen LogP contribution >= 0.6 is 11.8 Å². The van der Waals surface area contributed by atoms with Crippen molar-refractivity contribution in [2.45, 2.75) is 43.9 Å². The second kappa shape index (κ2) is 8.53. The van der Waals surface area contributed by atoms with Crippen molar-refractivity contribution >= 4 is 17.7 Å².